The Labute approximate surface area is 110 Å². The molecule has 18 heavy (non-hydrogen) atoms. The second-order valence-corrected chi connectivity index (χ2v) is 6.71. The molecular formula is C11H13ClN2O3S. The van der Waals surface area contributed by atoms with Gasteiger partial charge in [-0.05, 0) is 18.6 Å². The van der Waals surface area contributed by atoms with Gasteiger partial charge in [-0.1, -0.05) is 17.7 Å². The number of anilines is 1. The molecule has 0 bridgehead atoms. The second kappa shape index (κ2) is 4.44. The van der Waals surface area contributed by atoms with Crippen molar-refractivity contribution >= 4 is 33.0 Å². The molecule has 1 amide bonds. The molecule has 7 heteroatoms. The number of rotatable bonds is 2. The van der Waals surface area contributed by atoms with Crippen LogP contribution in [0.4, 0.5) is 5.69 Å². The van der Waals surface area contributed by atoms with Crippen molar-refractivity contribution in [2.45, 2.75) is 16.6 Å². The molecule has 1 heterocycles. The van der Waals surface area contributed by atoms with Crippen molar-refractivity contribution in [3.63, 3.8) is 0 Å². The summed E-state index contributed by atoms with van der Waals surface area (Å²) in [7, 11) is -2.25. The minimum atomic E-state index is -3.83. The molecule has 1 aliphatic rings. The van der Waals surface area contributed by atoms with Gasteiger partial charge in [0.05, 0.1) is 10.7 Å². The van der Waals surface area contributed by atoms with E-state index in [4.69, 9.17) is 17.3 Å². The van der Waals surface area contributed by atoms with Crippen LogP contribution in [0.3, 0.4) is 0 Å². The van der Waals surface area contributed by atoms with Crippen LogP contribution in [0.25, 0.3) is 0 Å². The van der Waals surface area contributed by atoms with E-state index in [1.165, 1.54) is 17.0 Å². The summed E-state index contributed by atoms with van der Waals surface area (Å²) < 4.78 is 24.8. The Balaban J connectivity index is 2.53. The Kier molecular flexibility index (Phi) is 3.25. The molecule has 0 aliphatic carbocycles. The van der Waals surface area contributed by atoms with Crippen molar-refractivity contribution in [2.75, 3.05) is 19.3 Å². The maximum atomic E-state index is 12.4. The highest BCUT2D eigenvalue weighted by molar-refractivity contribution is 7.93. The molecule has 1 unspecified atom stereocenters. The molecular weight excluding hydrogens is 276 g/mol. The van der Waals surface area contributed by atoms with Crippen LogP contribution in [0, 0.1) is 0 Å². The number of nitrogens with zero attached hydrogens (tertiary/aromatic N) is 1. The van der Waals surface area contributed by atoms with Crippen molar-refractivity contribution in [3.05, 3.63) is 23.2 Å². The highest BCUT2D eigenvalue weighted by atomic mass is 35.5. The quantitative estimate of drug-likeness (QED) is 0.821. The number of hydrogen-bond acceptors (Lipinski definition) is 4. The molecule has 2 rings (SSSR count). The molecule has 5 nitrogen and oxygen atoms in total. The van der Waals surface area contributed by atoms with Gasteiger partial charge in [0.25, 0.3) is 0 Å². The van der Waals surface area contributed by atoms with Crippen molar-refractivity contribution in [2.24, 2.45) is 0 Å². The van der Waals surface area contributed by atoms with Crippen LogP contribution >= 0.6 is 11.6 Å². The van der Waals surface area contributed by atoms with E-state index in [9.17, 15) is 13.2 Å². The van der Waals surface area contributed by atoms with Gasteiger partial charge in [0.2, 0.25) is 5.91 Å². The molecule has 1 atom stereocenters. The molecule has 0 radical (unpaired) electrons. The van der Waals surface area contributed by atoms with Gasteiger partial charge >= 0.3 is 0 Å². The Hall–Kier alpha value is -1.27. The number of halogens is 1. The van der Waals surface area contributed by atoms with Crippen LogP contribution < -0.4 is 5.73 Å². The normalized spacial score (nSPS) is 20.4. The van der Waals surface area contributed by atoms with E-state index in [0.717, 1.165) is 0 Å². The third-order valence-corrected chi connectivity index (χ3v) is 5.67. The molecule has 0 aromatic heterocycles. The van der Waals surface area contributed by atoms with Crippen molar-refractivity contribution < 1.29 is 13.2 Å². The van der Waals surface area contributed by atoms with Crippen LogP contribution in [-0.2, 0) is 14.6 Å². The van der Waals surface area contributed by atoms with Crippen molar-refractivity contribution in [3.8, 4) is 0 Å². The first-order valence-electron chi connectivity index (χ1n) is 5.38. The smallest absolute Gasteiger partial charge is 0.241 e. The molecule has 1 saturated heterocycles. The first kappa shape index (κ1) is 13.2. The molecule has 1 fully saturated rings. The molecule has 98 valence electrons. The number of nitrogens with two attached hydrogens (primary N) is 1. The lowest BCUT2D eigenvalue weighted by Crippen LogP contribution is -2.32. The van der Waals surface area contributed by atoms with E-state index in [-0.39, 0.29) is 22.0 Å². The number of sulfone groups is 1. The monoisotopic (exact) mass is 288 g/mol. The fourth-order valence-electron chi connectivity index (χ4n) is 2.05. The largest absolute Gasteiger partial charge is 0.398 e. The third-order valence-electron chi connectivity index (χ3n) is 3.03. The van der Waals surface area contributed by atoms with Gasteiger partial charge in [0.1, 0.15) is 10.1 Å². The maximum absolute atomic E-state index is 12.4. The predicted octanol–water partition coefficient (Wildman–Crippen LogP) is 0.927. The first-order chi connectivity index (χ1) is 8.35. The Morgan fingerprint density at radius 3 is 2.61 bits per heavy atom. The van der Waals surface area contributed by atoms with Gasteiger partial charge in [0.15, 0.2) is 9.84 Å². The number of carbonyl (C=O) groups is 1. The fraction of sp³-hybridized carbons (Fsp3) is 0.364. The first-order valence-corrected chi connectivity index (χ1v) is 7.31. The zero-order valence-corrected chi connectivity index (χ0v) is 11.3. The van der Waals surface area contributed by atoms with Crippen LogP contribution in [0.1, 0.15) is 6.42 Å². The topological polar surface area (TPSA) is 80.5 Å². The summed E-state index contributed by atoms with van der Waals surface area (Å²) in [5, 5.41) is -1.03. The third kappa shape index (κ3) is 1.95. The van der Waals surface area contributed by atoms with Crippen LogP contribution in [0.2, 0.25) is 5.02 Å². The van der Waals surface area contributed by atoms with Crippen molar-refractivity contribution in [1.29, 1.82) is 0 Å². The summed E-state index contributed by atoms with van der Waals surface area (Å²) in [6.07, 6.45) is 0.266. The summed E-state index contributed by atoms with van der Waals surface area (Å²) >= 11 is 5.89. The van der Waals surface area contributed by atoms with Crippen LogP contribution in [0.5, 0.6) is 0 Å². The molecule has 0 saturated carbocycles. The number of nitrogen functional groups attached to an aromatic ring is 1. The zero-order chi connectivity index (χ0) is 13.5. The number of amides is 1. The molecule has 1 aromatic carbocycles. The van der Waals surface area contributed by atoms with Gasteiger partial charge in [-0.15, -0.1) is 0 Å². The summed E-state index contributed by atoms with van der Waals surface area (Å²) in [6.45, 7) is 0.424. The van der Waals surface area contributed by atoms with Crippen LogP contribution in [-0.4, -0.2) is 38.1 Å². The Morgan fingerprint density at radius 1 is 1.44 bits per heavy atom. The van der Waals surface area contributed by atoms with Gasteiger partial charge in [0, 0.05) is 13.6 Å². The molecule has 2 N–H and O–H groups in total. The summed E-state index contributed by atoms with van der Waals surface area (Å²) in [5.41, 5.74) is 5.74. The minimum absolute atomic E-state index is 0.0531. The highest BCUT2D eigenvalue weighted by Crippen LogP contribution is 2.33. The molecule has 1 aliphatic heterocycles. The van der Waals surface area contributed by atoms with E-state index in [0.29, 0.717) is 6.54 Å². The second-order valence-electron chi connectivity index (χ2n) is 4.24. The standard InChI is InChI=1S/C11H13ClN2O3S/c1-14-6-5-9(11(14)15)18(16,17)10-7(12)3-2-4-8(10)13/h2-4,9H,5-6,13H2,1H3. The number of benzene rings is 1. The van der Waals surface area contributed by atoms with Crippen molar-refractivity contribution in [1.82, 2.24) is 4.90 Å². The Morgan fingerprint density at radius 2 is 2.11 bits per heavy atom. The van der Waals surface area contributed by atoms with Gasteiger partial charge in [-0.2, -0.15) is 0 Å². The van der Waals surface area contributed by atoms with E-state index in [1.54, 1.807) is 13.1 Å². The zero-order valence-electron chi connectivity index (χ0n) is 9.76. The maximum Gasteiger partial charge on any atom is 0.241 e. The molecule has 0 spiro atoms. The van der Waals surface area contributed by atoms with E-state index in [1.807, 2.05) is 0 Å². The number of likely N-dealkylation sites (tertiary alicyclic amines) is 1. The number of carbonyl (C=O) groups excluding carboxylic acids is 1. The lowest BCUT2D eigenvalue weighted by molar-refractivity contribution is -0.126. The lowest BCUT2D eigenvalue weighted by Gasteiger charge is -2.14. The van der Waals surface area contributed by atoms with E-state index >= 15 is 0 Å². The van der Waals surface area contributed by atoms with Crippen LogP contribution in [0.15, 0.2) is 23.1 Å². The lowest BCUT2D eigenvalue weighted by atomic mass is 10.3. The van der Waals surface area contributed by atoms with Gasteiger partial charge < -0.3 is 10.6 Å². The summed E-state index contributed by atoms with van der Waals surface area (Å²) in [4.78, 5) is 13.1. The van der Waals surface area contributed by atoms with E-state index < -0.39 is 21.0 Å². The summed E-state index contributed by atoms with van der Waals surface area (Å²) in [6, 6.07) is 4.48. The predicted molar refractivity (Wildman–Crippen MR) is 69.1 cm³/mol. The Bertz CT molecular complexity index is 580. The fourth-order valence-corrected chi connectivity index (χ4v) is 4.43. The molecule has 1 aromatic rings. The highest BCUT2D eigenvalue weighted by Gasteiger charge is 2.41. The number of hydrogen-bond donors (Lipinski definition) is 1. The average molecular weight is 289 g/mol. The van der Waals surface area contributed by atoms with Gasteiger partial charge in [-0.25, -0.2) is 8.42 Å². The van der Waals surface area contributed by atoms with Gasteiger partial charge in [-0.3, -0.25) is 4.79 Å². The SMILES string of the molecule is CN1CCC(S(=O)(=O)c2c(N)cccc2Cl)C1=O. The average Bonchev–Trinajstić information content (AvgIpc) is 2.59. The van der Waals surface area contributed by atoms with E-state index in [2.05, 4.69) is 0 Å². The minimum Gasteiger partial charge on any atom is -0.398 e. The summed E-state index contributed by atoms with van der Waals surface area (Å²) in [5.74, 6) is -0.408.